The molecule has 0 amide bonds. The van der Waals surface area contributed by atoms with E-state index < -0.39 is 5.97 Å². The predicted octanol–water partition coefficient (Wildman–Crippen LogP) is 4.75. The van der Waals surface area contributed by atoms with Crippen molar-refractivity contribution in [2.24, 2.45) is 0 Å². The fraction of sp³-hybridized carbons (Fsp3) is 0.115. The van der Waals surface area contributed by atoms with Gasteiger partial charge in [0.2, 0.25) is 0 Å². The Balaban J connectivity index is 1.54. The predicted molar refractivity (Wildman–Crippen MR) is 138 cm³/mol. The van der Waals surface area contributed by atoms with Gasteiger partial charge >= 0.3 is 5.97 Å². The molecule has 0 aliphatic heterocycles. The second-order valence-corrected chi connectivity index (χ2v) is 8.82. The first-order chi connectivity index (χ1) is 17.6. The van der Waals surface area contributed by atoms with Gasteiger partial charge in [-0.05, 0) is 42.8 Å². The molecular formula is C26H22N6O3S. The Kier molecular flexibility index (Phi) is 6.50. The molecule has 0 unspecified atom stereocenters. The molecule has 0 aliphatic rings. The number of pyridine rings is 1. The highest BCUT2D eigenvalue weighted by atomic mass is 32.2. The summed E-state index contributed by atoms with van der Waals surface area (Å²) in [6, 6.07) is 19.0. The minimum atomic E-state index is -0.691. The highest BCUT2D eigenvalue weighted by Crippen LogP contribution is 2.31. The smallest absolute Gasteiger partial charge is 0.345 e. The number of rotatable bonds is 7. The van der Waals surface area contributed by atoms with Crippen LogP contribution in [0.25, 0.3) is 33.7 Å². The van der Waals surface area contributed by atoms with Crippen LogP contribution in [0.3, 0.4) is 0 Å². The molecular weight excluding hydrogens is 476 g/mol. The number of carbonyl (C=O) groups is 1. The van der Waals surface area contributed by atoms with E-state index in [1.807, 2.05) is 72.2 Å². The number of methoxy groups -OCH3 is 1. The number of ether oxygens (including phenoxy) is 1. The van der Waals surface area contributed by atoms with E-state index in [1.165, 1.54) is 18.9 Å². The number of aromatic nitrogens is 6. The fourth-order valence-corrected chi connectivity index (χ4v) is 4.63. The topological polar surface area (TPSA) is 119 Å². The van der Waals surface area contributed by atoms with E-state index in [-0.39, 0.29) is 22.9 Å². The van der Waals surface area contributed by atoms with Crippen molar-refractivity contribution in [3.63, 3.8) is 0 Å². The van der Waals surface area contributed by atoms with E-state index in [2.05, 4.69) is 25.1 Å². The van der Waals surface area contributed by atoms with Crippen molar-refractivity contribution in [3.8, 4) is 17.1 Å². The van der Waals surface area contributed by atoms with Gasteiger partial charge in [-0.25, -0.2) is 9.78 Å². The van der Waals surface area contributed by atoms with Gasteiger partial charge in [-0.15, -0.1) is 10.2 Å². The van der Waals surface area contributed by atoms with Gasteiger partial charge in [-0.2, -0.15) is 0 Å². The highest BCUT2D eigenvalue weighted by Gasteiger charge is 2.24. The molecule has 10 heteroatoms. The van der Waals surface area contributed by atoms with Gasteiger partial charge < -0.3 is 14.8 Å². The Labute approximate surface area is 210 Å². The van der Waals surface area contributed by atoms with Crippen LogP contribution in [-0.2, 0) is 9.53 Å². The average Bonchev–Trinajstić information content (AvgIpc) is 3.52. The number of fused-ring (bicyclic) bond motifs is 1. The number of hydrogen-bond acceptors (Lipinski definition) is 8. The van der Waals surface area contributed by atoms with Crippen molar-refractivity contribution in [1.82, 2.24) is 29.7 Å². The standard InChI is InChI=1S/C26H22N6O3S/c1-16-8-3-6-12-20(16)32-24(17-9-7-13-27-14-17)30-31-26(32)36-15-21(33)22(25(34)35-2)23-28-18-10-4-5-11-19(18)29-23/h3-14,33H,15H2,1-2H3,(H,28,29)/b22-21+. The summed E-state index contributed by atoms with van der Waals surface area (Å²) in [6.45, 7) is 2.01. The second kappa shape index (κ2) is 10.0. The van der Waals surface area contributed by atoms with Crippen molar-refractivity contribution in [2.45, 2.75) is 12.1 Å². The SMILES string of the molecule is COC(=O)/C(=C(/O)CSc1nnc(-c2cccnc2)n1-c1ccccc1C)c1nc2ccccc2[nH]1. The normalized spacial score (nSPS) is 11.9. The summed E-state index contributed by atoms with van der Waals surface area (Å²) in [4.78, 5) is 24.4. The molecule has 0 bridgehead atoms. The first-order valence-corrected chi connectivity index (χ1v) is 12.1. The number of carbonyl (C=O) groups excluding carboxylic acids is 1. The minimum absolute atomic E-state index is 0.0318. The third-order valence-electron chi connectivity index (χ3n) is 5.55. The van der Waals surface area contributed by atoms with Crippen LogP contribution in [0.15, 0.2) is 84.0 Å². The Morgan fingerprint density at radius 2 is 1.89 bits per heavy atom. The summed E-state index contributed by atoms with van der Waals surface area (Å²) >= 11 is 1.24. The lowest BCUT2D eigenvalue weighted by Crippen LogP contribution is -2.10. The van der Waals surface area contributed by atoms with Crippen LogP contribution in [0, 0.1) is 6.92 Å². The first kappa shape index (κ1) is 23.3. The largest absolute Gasteiger partial charge is 0.510 e. The Bertz CT molecular complexity index is 1540. The van der Waals surface area contributed by atoms with Crippen LogP contribution in [0.1, 0.15) is 11.4 Å². The van der Waals surface area contributed by atoms with Crippen LogP contribution in [0.2, 0.25) is 0 Å². The maximum Gasteiger partial charge on any atom is 0.345 e. The lowest BCUT2D eigenvalue weighted by molar-refractivity contribution is -0.133. The molecule has 0 saturated heterocycles. The summed E-state index contributed by atoms with van der Waals surface area (Å²) in [7, 11) is 1.26. The molecule has 2 N–H and O–H groups in total. The monoisotopic (exact) mass is 498 g/mol. The average molecular weight is 499 g/mol. The molecule has 0 atom stereocenters. The van der Waals surface area contributed by atoms with Gasteiger partial charge in [0.1, 0.15) is 17.2 Å². The number of aliphatic hydroxyl groups excluding tert-OH is 1. The quantitative estimate of drug-likeness (QED) is 0.143. The van der Waals surface area contributed by atoms with E-state index in [9.17, 15) is 9.90 Å². The molecule has 0 spiro atoms. The lowest BCUT2D eigenvalue weighted by Gasteiger charge is -2.13. The number of aromatic amines is 1. The Hall–Kier alpha value is -4.44. The number of nitrogens with one attached hydrogen (secondary N) is 1. The third-order valence-corrected chi connectivity index (χ3v) is 6.49. The Morgan fingerprint density at radius 3 is 2.64 bits per heavy atom. The molecule has 2 aromatic carbocycles. The molecule has 0 radical (unpaired) electrons. The number of esters is 1. The molecule has 36 heavy (non-hydrogen) atoms. The number of aliphatic hydroxyl groups is 1. The number of thioether (sulfide) groups is 1. The van der Waals surface area contributed by atoms with Crippen molar-refractivity contribution in [3.05, 3.63) is 90.2 Å². The van der Waals surface area contributed by atoms with Gasteiger partial charge in [0.25, 0.3) is 0 Å². The van der Waals surface area contributed by atoms with E-state index >= 15 is 0 Å². The number of imidazole rings is 1. The molecule has 5 rings (SSSR count). The van der Waals surface area contributed by atoms with E-state index in [0.29, 0.717) is 16.5 Å². The lowest BCUT2D eigenvalue weighted by atomic mass is 10.2. The van der Waals surface area contributed by atoms with Crippen LogP contribution < -0.4 is 0 Å². The van der Waals surface area contributed by atoms with Gasteiger partial charge in [0.15, 0.2) is 11.0 Å². The fourth-order valence-electron chi connectivity index (χ4n) is 3.81. The molecule has 3 aromatic heterocycles. The number of H-pyrrole nitrogens is 1. The van der Waals surface area contributed by atoms with Crippen molar-refractivity contribution >= 4 is 34.3 Å². The summed E-state index contributed by atoms with van der Waals surface area (Å²) in [5.41, 5.74) is 4.12. The third kappa shape index (κ3) is 4.46. The number of para-hydroxylation sites is 3. The molecule has 180 valence electrons. The summed E-state index contributed by atoms with van der Waals surface area (Å²) < 4.78 is 6.86. The van der Waals surface area contributed by atoms with Crippen molar-refractivity contribution in [1.29, 1.82) is 0 Å². The van der Waals surface area contributed by atoms with E-state index in [4.69, 9.17) is 4.74 Å². The zero-order valence-corrected chi connectivity index (χ0v) is 20.4. The summed E-state index contributed by atoms with van der Waals surface area (Å²) in [6.07, 6.45) is 3.42. The van der Waals surface area contributed by atoms with Gasteiger partial charge in [-0.1, -0.05) is 42.1 Å². The maximum atomic E-state index is 12.6. The number of benzene rings is 2. The number of nitrogens with zero attached hydrogens (tertiary/aromatic N) is 5. The molecule has 0 saturated carbocycles. The highest BCUT2D eigenvalue weighted by molar-refractivity contribution is 7.99. The van der Waals surface area contributed by atoms with Gasteiger partial charge in [-0.3, -0.25) is 9.55 Å². The number of aryl methyl sites for hydroxylation is 1. The number of hydrogen-bond donors (Lipinski definition) is 2. The molecule has 0 aliphatic carbocycles. The van der Waals surface area contributed by atoms with Crippen molar-refractivity contribution < 1.29 is 14.6 Å². The van der Waals surface area contributed by atoms with Crippen LogP contribution in [0.5, 0.6) is 0 Å². The van der Waals surface area contributed by atoms with Crippen LogP contribution in [-0.4, -0.2) is 53.7 Å². The minimum Gasteiger partial charge on any atom is -0.510 e. The maximum absolute atomic E-state index is 12.6. The van der Waals surface area contributed by atoms with Crippen LogP contribution in [0.4, 0.5) is 0 Å². The molecule has 0 fully saturated rings. The summed E-state index contributed by atoms with van der Waals surface area (Å²) in [5, 5.41) is 20.4. The van der Waals surface area contributed by atoms with E-state index in [0.717, 1.165) is 22.3 Å². The molecule has 9 nitrogen and oxygen atoms in total. The zero-order valence-electron chi connectivity index (χ0n) is 19.5. The van der Waals surface area contributed by atoms with Gasteiger partial charge in [0, 0.05) is 18.0 Å². The van der Waals surface area contributed by atoms with E-state index in [1.54, 1.807) is 12.4 Å². The first-order valence-electron chi connectivity index (χ1n) is 11.1. The molecule has 5 aromatic rings. The zero-order chi connectivity index (χ0) is 25.1. The summed E-state index contributed by atoms with van der Waals surface area (Å²) in [5.74, 6) is 0.0154. The van der Waals surface area contributed by atoms with Gasteiger partial charge in [0.05, 0.1) is 29.6 Å². The Morgan fingerprint density at radius 1 is 1.08 bits per heavy atom. The second-order valence-electron chi connectivity index (χ2n) is 7.87. The van der Waals surface area contributed by atoms with Crippen LogP contribution >= 0.6 is 11.8 Å². The molecule has 3 heterocycles. The van der Waals surface area contributed by atoms with Crippen molar-refractivity contribution in [2.75, 3.05) is 12.9 Å².